The van der Waals surface area contributed by atoms with E-state index in [0.29, 0.717) is 11.6 Å². The minimum atomic E-state index is -3.63. The summed E-state index contributed by atoms with van der Waals surface area (Å²) in [5.41, 5.74) is 1.57. The molecule has 4 nitrogen and oxygen atoms in total. The largest absolute Gasteiger partial charge is 0.381 e. The molecule has 17 heavy (non-hydrogen) atoms. The molecule has 0 radical (unpaired) electrons. The van der Waals surface area contributed by atoms with Gasteiger partial charge in [0.2, 0.25) is 10.0 Å². The van der Waals surface area contributed by atoms with Crippen LogP contribution in [0.2, 0.25) is 0 Å². The van der Waals surface area contributed by atoms with Crippen LogP contribution in [0.4, 0.5) is 5.69 Å². The standard InChI is InChI=1S/C11H16N2O2S2/c1-8-10(13-9-5-6-16-7-9)3-2-4-11(8)17(12,14)15/h2-4,9,13H,5-7H2,1H3,(H2,12,14,15). The molecule has 2 rings (SSSR count). The smallest absolute Gasteiger partial charge is 0.238 e. The van der Waals surface area contributed by atoms with Gasteiger partial charge in [0, 0.05) is 17.5 Å². The molecule has 1 aliphatic rings. The van der Waals surface area contributed by atoms with Gasteiger partial charge in [0.1, 0.15) is 0 Å². The number of anilines is 1. The highest BCUT2D eigenvalue weighted by molar-refractivity contribution is 7.99. The van der Waals surface area contributed by atoms with Gasteiger partial charge in [-0.3, -0.25) is 0 Å². The van der Waals surface area contributed by atoms with E-state index in [0.717, 1.165) is 23.6 Å². The highest BCUT2D eigenvalue weighted by Gasteiger charge is 2.18. The molecule has 1 atom stereocenters. The summed E-state index contributed by atoms with van der Waals surface area (Å²) >= 11 is 1.91. The van der Waals surface area contributed by atoms with Gasteiger partial charge in [0.15, 0.2) is 0 Å². The van der Waals surface area contributed by atoms with E-state index < -0.39 is 10.0 Å². The zero-order valence-electron chi connectivity index (χ0n) is 9.64. The van der Waals surface area contributed by atoms with Crippen molar-refractivity contribution in [1.82, 2.24) is 0 Å². The molecular weight excluding hydrogens is 256 g/mol. The van der Waals surface area contributed by atoms with Crippen molar-refractivity contribution in [3.05, 3.63) is 23.8 Å². The van der Waals surface area contributed by atoms with Crippen LogP contribution in [-0.2, 0) is 10.0 Å². The van der Waals surface area contributed by atoms with Crippen molar-refractivity contribution in [3.8, 4) is 0 Å². The van der Waals surface area contributed by atoms with Gasteiger partial charge in [-0.2, -0.15) is 11.8 Å². The molecule has 0 aliphatic carbocycles. The van der Waals surface area contributed by atoms with Crippen LogP contribution in [0.15, 0.2) is 23.1 Å². The van der Waals surface area contributed by atoms with Gasteiger partial charge < -0.3 is 5.32 Å². The monoisotopic (exact) mass is 272 g/mol. The van der Waals surface area contributed by atoms with Crippen LogP contribution >= 0.6 is 11.8 Å². The van der Waals surface area contributed by atoms with Gasteiger partial charge in [-0.25, -0.2) is 13.6 Å². The fourth-order valence-electron chi connectivity index (χ4n) is 1.95. The van der Waals surface area contributed by atoms with Crippen LogP contribution in [0.5, 0.6) is 0 Å². The predicted molar refractivity (Wildman–Crippen MR) is 71.9 cm³/mol. The summed E-state index contributed by atoms with van der Waals surface area (Å²) in [6, 6.07) is 5.58. The lowest BCUT2D eigenvalue weighted by molar-refractivity contribution is 0.597. The van der Waals surface area contributed by atoms with Crippen molar-refractivity contribution in [3.63, 3.8) is 0 Å². The van der Waals surface area contributed by atoms with Gasteiger partial charge in [-0.1, -0.05) is 6.07 Å². The number of thioether (sulfide) groups is 1. The SMILES string of the molecule is Cc1c(NC2CCSC2)cccc1S(N)(=O)=O. The highest BCUT2D eigenvalue weighted by atomic mass is 32.2. The lowest BCUT2D eigenvalue weighted by Crippen LogP contribution is -2.20. The van der Waals surface area contributed by atoms with E-state index >= 15 is 0 Å². The number of hydrogen-bond acceptors (Lipinski definition) is 4. The van der Waals surface area contributed by atoms with E-state index in [2.05, 4.69) is 5.32 Å². The summed E-state index contributed by atoms with van der Waals surface area (Å²) in [5, 5.41) is 8.56. The van der Waals surface area contributed by atoms with Crippen LogP contribution in [-0.4, -0.2) is 26.0 Å². The van der Waals surface area contributed by atoms with E-state index in [9.17, 15) is 8.42 Å². The molecule has 0 saturated carbocycles. The van der Waals surface area contributed by atoms with Gasteiger partial charge >= 0.3 is 0 Å². The molecule has 1 aromatic rings. The first-order valence-electron chi connectivity index (χ1n) is 5.45. The lowest BCUT2D eigenvalue weighted by Gasteiger charge is -2.16. The van der Waals surface area contributed by atoms with Gasteiger partial charge in [0.25, 0.3) is 0 Å². The maximum Gasteiger partial charge on any atom is 0.238 e. The molecule has 0 bridgehead atoms. The van der Waals surface area contributed by atoms with Crippen molar-refractivity contribution in [2.45, 2.75) is 24.3 Å². The molecule has 1 aliphatic heterocycles. The van der Waals surface area contributed by atoms with E-state index in [-0.39, 0.29) is 4.90 Å². The lowest BCUT2D eigenvalue weighted by atomic mass is 10.1. The van der Waals surface area contributed by atoms with E-state index in [1.165, 1.54) is 0 Å². The Labute approximate surface area is 106 Å². The number of benzene rings is 1. The summed E-state index contributed by atoms with van der Waals surface area (Å²) in [6.07, 6.45) is 1.11. The number of nitrogens with one attached hydrogen (secondary N) is 1. The second-order valence-corrected chi connectivity index (χ2v) is 6.86. The van der Waals surface area contributed by atoms with Crippen molar-refractivity contribution in [1.29, 1.82) is 0 Å². The van der Waals surface area contributed by atoms with E-state index in [1.807, 2.05) is 17.8 Å². The maximum absolute atomic E-state index is 11.4. The van der Waals surface area contributed by atoms with Crippen LogP contribution < -0.4 is 10.5 Å². The zero-order chi connectivity index (χ0) is 12.5. The normalized spacial score (nSPS) is 20.5. The number of rotatable bonds is 3. The minimum absolute atomic E-state index is 0.202. The molecule has 0 amide bonds. The fourth-order valence-corrected chi connectivity index (χ4v) is 3.90. The molecule has 94 valence electrons. The molecule has 6 heteroatoms. The second kappa shape index (κ2) is 4.88. The Bertz CT molecular complexity index is 508. The average molecular weight is 272 g/mol. The van der Waals surface area contributed by atoms with Gasteiger partial charge in [0.05, 0.1) is 4.90 Å². The first-order chi connectivity index (χ1) is 7.98. The van der Waals surface area contributed by atoms with Crippen molar-refractivity contribution >= 4 is 27.5 Å². The second-order valence-electron chi connectivity index (χ2n) is 4.18. The van der Waals surface area contributed by atoms with Gasteiger partial charge in [-0.05, 0) is 36.8 Å². The zero-order valence-corrected chi connectivity index (χ0v) is 11.3. The summed E-state index contributed by atoms with van der Waals surface area (Å²) in [4.78, 5) is 0.202. The van der Waals surface area contributed by atoms with Crippen LogP contribution in [0.25, 0.3) is 0 Å². The summed E-state index contributed by atoms with van der Waals surface area (Å²) in [6.45, 7) is 1.78. The number of sulfonamides is 1. The first kappa shape index (κ1) is 12.7. The molecule has 1 unspecified atom stereocenters. The molecule has 0 spiro atoms. The molecular formula is C11H16N2O2S2. The van der Waals surface area contributed by atoms with Crippen LogP contribution in [0.3, 0.4) is 0 Å². The molecule has 1 fully saturated rings. The van der Waals surface area contributed by atoms with Crippen LogP contribution in [0.1, 0.15) is 12.0 Å². The molecule has 1 aromatic carbocycles. The fraction of sp³-hybridized carbons (Fsp3) is 0.455. The van der Waals surface area contributed by atoms with Crippen molar-refractivity contribution in [2.75, 3.05) is 16.8 Å². The molecule has 3 N–H and O–H groups in total. The summed E-state index contributed by atoms with van der Waals surface area (Å²) < 4.78 is 22.8. The number of hydrogen-bond donors (Lipinski definition) is 2. The minimum Gasteiger partial charge on any atom is -0.381 e. The first-order valence-corrected chi connectivity index (χ1v) is 8.15. The number of nitrogens with two attached hydrogens (primary N) is 1. The third-order valence-electron chi connectivity index (χ3n) is 2.88. The average Bonchev–Trinajstić information content (AvgIpc) is 2.72. The molecule has 0 aromatic heterocycles. The Kier molecular flexibility index (Phi) is 3.65. The van der Waals surface area contributed by atoms with E-state index in [1.54, 1.807) is 19.1 Å². The summed E-state index contributed by atoms with van der Waals surface area (Å²) in [5.74, 6) is 2.23. The van der Waals surface area contributed by atoms with Crippen molar-refractivity contribution < 1.29 is 8.42 Å². The Morgan fingerprint density at radius 3 is 2.82 bits per heavy atom. The topological polar surface area (TPSA) is 72.2 Å². The Balaban J connectivity index is 2.29. The Morgan fingerprint density at radius 2 is 2.24 bits per heavy atom. The maximum atomic E-state index is 11.4. The van der Waals surface area contributed by atoms with Crippen LogP contribution in [0, 0.1) is 6.92 Å². The number of primary sulfonamides is 1. The molecule has 1 heterocycles. The Hall–Kier alpha value is -0.720. The Morgan fingerprint density at radius 1 is 1.47 bits per heavy atom. The van der Waals surface area contributed by atoms with Crippen molar-refractivity contribution in [2.24, 2.45) is 5.14 Å². The van der Waals surface area contributed by atoms with E-state index in [4.69, 9.17) is 5.14 Å². The predicted octanol–water partition coefficient (Wildman–Crippen LogP) is 1.56. The summed E-state index contributed by atoms with van der Waals surface area (Å²) in [7, 11) is -3.63. The van der Waals surface area contributed by atoms with Gasteiger partial charge in [-0.15, -0.1) is 0 Å². The third kappa shape index (κ3) is 2.94. The highest BCUT2D eigenvalue weighted by Crippen LogP contribution is 2.26. The molecule has 1 saturated heterocycles. The third-order valence-corrected chi connectivity index (χ3v) is 5.10. The quantitative estimate of drug-likeness (QED) is 0.876.